The Morgan fingerprint density at radius 2 is 2.21 bits per heavy atom. The van der Waals surface area contributed by atoms with Crippen LogP contribution < -0.4 is 5.32 Å². The first-order valence-corrected chi connectivity index (χ1v) is 9.45. The third kappa shape index (κ3) is 3.63. The largest absolute Gasteiger partial charge is 0.381 e. The molecule has 3 heterocycles. The number of hydrogen-bond donors (Lipinski definition) is 2. The minimum Gasteiger partial charge on any atom is -0.381 e. The molecule has 3 rings (SSSR count). The lowest BCUT2D eigenvalue weighted by atomic mass is 9.75. The van der Waals surface area contributed by atoms with Crippen LogP contribution in [0.2, 0.25) is 0 Å². The zero-order valence-corrected chi connectivity index (χ0v) is 15.2. The molecule has 0 radical (unpaired) electrons. The fraction of sp³-hybridized carbons (Fsp3) is 0.765. The Balaban J connectivity index is 1.88. The van der Waals surface area contributed by atoms with Crippen LogP contribution >= 0.6 is 12.6 Å². The number of carbonyl (C=O) groups excluding carboxylic acids is 1. The molecule has 2 aliphatic rings. The van der Waals surface area contributed by atoms with Crippen LogP contribution in [0.4, 0.5) is 0 Å². The summed E-state index contributed by atoms with van der Waals surface area (Å²) >= 11 is 4.06. The summed E-state index contributed by atoms with van der Waals surface area (Å²) < 4.78 is 12.7. The van der Waals surface area contributed by atoms with Gasteiger partial charge in [0.25, 0.3) is 5.91 Å². The second kappa shape index (κ2) is 7.89. The van der Waals surface area contributed by atoms with E-state index in [9.17, 15) is 4.79 Å². The highest BCUT2D eigenvalue weighted by Crippen LogP contribution is 2.37. The summed E-state index contributed by atoms with van der Waals surface area (Å²) in [4.78, 5) is 12.7. The molecule has 1 aromatic heterocycles. The topological polar surface area (TPSA) is 65.4 Å². The van der Waals surface area contributed by atoms with Crippen molar-refractivity contribution in [1.82, 2.24) is 15.1 Å². The van der Waals surface area contributed by atoms with Gasteiger partial charge in [-0.1, -0.05) is 0 Å². The van der Waals surface area contributed by atoms with E-state index in [0.717, 1.165) is 68.8 Å². The van der Waals surface area contributed by atoms with Gasteiger partial charge in [-0.15, -0.1) is 0 Å². The van der Waals surface area contributed by atoms with Gasteiger partial charge in [0.15, 0.2) is 0 Å². The summed E-state index contributed by atoms with van der Waals surface area (Å²) in [5, 5.41) is 7.86. The number of fused-ring (bicyclic) bond motifs is 1. The Morgan fingerprint density at radius 3 is 2.92 bits per heavy atom. The SMILES string of the molecule is CCn1nc(CCCOCS)c2c1C(=O)NCC1(CCOCC1)C2. The molecule has 1 fully saturated rings. The van der Waals surface area contributed by atoms with Crippen LogP contribution in [0.25, 0.3) is 0 Å². The fourth-order valence-corrected chi connectivity index (χ4v) is 3.90. The van der Waals surface area contributed by atoms with Gasteiger partial charge in [-0.3, -0.25) is 9.48 Å². The summed E-state index contributed by atoms with van der Waals surface area (Å²) in [5.41, 5.74) is 3.06. The molecular weight excluding hydrogens is 326 g/mol. The lowest BCUT2D eigenvalue weighted by molar-refractivity contribution is 0.0160. The molecule has 0 saturated carbocycles. The maximum Gasteiger partial charge on any atom is 0.269 e. The number of ether oxygens (including phenoxy) is 2. The second-order valence-electron chi connectivity index (χ2n) is 6.70. The smallest absolute Gasteiger partial charge is 0.269 e. The van der Waals surface area contributed by atoms with Crippen molar-refractivity contribution in [3.05, 3.63) is 17.0 Å². The average Bonchev–Trinajstić information content (AvgIpc) is 2.88. The van der Waals surface area contributed by atoms with Gasteiger partial charge < -0.3 is 14.8 Å². The predicted molar refractivity (Wildman–Crippen MR) is 94.6 cm³/mol. The Labute approximate surface area is 148 Å². The van der Waals surface area contributed by atoms with Crippen molar-refractivity contribution in [2.45, 2.75) is 45.6 Å². The first-order chi connectivity index (χ1) is 11.7. The molecule has 0 unspecified atom stereocenters. The number of nitrogens with zero attached hydrogens (tertiary/aromatic N) is 2. The highest BCUT2D eigenvalue weighted by atomic mass is 32.1. The Bertz CT molecular complexity index is 582. The van der Waals surface area contributed by atoms with Crippen molar-refractivity contribution in [2.24, 2.45) is 5.41 Å². The number of aromatic nitrogens is 2. The summed E-state index contributed by atoms with van der Waals surface area (Å²) in [6.07, 6.45) is 4.63. The molecule has 1 saturated heterocycles. The number of aryl methyl sites for hydroxylation is 2. The van der Waals surface area contributed by atoms with Gasteiger partial charge in [-0.2, -0.15) is 17.7 Å². The maximum atomic E-state index is 12.7. The lowest BCUT2D eigenvalue weighted by Crippen LogP contribution is -2.40. The van der Waals surface area contributed by atoms with Gasteiger partial charge in [0.1, 0.15) is 5.69 Å². The van der Waals surface area contributed by atoms with Crippen LogP contribution in [-0.2, 0) is 28.9 Å². The van der Waals surface area contributed by atoms with Crippen molar-refractivity contribution in [3.63, 3.8) is 0 Å². The van der Waals surface area contributed by atoms with E-state index in [-0.39, 0.29) is 11.3 Å². The van der Waals surface area contributed by atoms with Crippen molar-refractivity contribution in [2.75, 3.05) is 32.3 Å². The molecule has 7 heteroatoms. The average molecular weight is 353 g/mol. The van der Waals surface area contributed by atoms with Crippen LogP contribution in [0, 0.1) is 5.41 Å². The molecular formula is C17H27N3O3S. The van der Waals surface area contributed by atoms with Crippen LogP contribution in [-0.4, -0.2) is 48.0 Å². The third-order valence-corrected chi connectivity index (χ3v) is 5.35. The van der Waals surface area contributed by atoms with Crippen molar-refractivity contribution >= 4 is 18.5 Å². The van der Waals surface area contributed by atoms with Crippen molar-refractivity contribution in [3.8, 4) is 0 Å². The molecule has 6 nitrogen and oxygen atoms in total. The van der Waals surface area contributed by atoms with E-state index in [0.29, 0.717) is 19.1 Å². The number of nitrogens with one attached hydrogen (secondary N) is 1. The molecule has 134 valence electrons. The molecule has 0 aliphatic carbocycles. The highest BCUT2D eigenvalue weighted by Gasteiger charge is 2.39. The number of hydrogen-bond acceptors (Lipinski definition) is 5. The van der Waals surface area contributed by atoms with E-state index in [4.69, 9.17) is 14.6 Å². The minimum atomic E-state index is 0.0144. The van der Waals surface area contributed by atoms with Crippen LogP contribution in [0.1, 0.15) is 47.9 Å². The molecule has 1 spiro atoms. The summed E-state index contributed by atoms with van der Waals surface area (Å²) in [5.74, 6) is 0.452. The molecule has 1 aromatic rings. The van der Waals surface area contributed by atoms with Gasteiger partial charge in [-0.25, -0.2) is 0 Å². The zero-order chi connectivity index (χ0) is 17.0. The molecule has 1 N–H and O–H groups in total. The van der Waals surface area contributed by atoms with E-state index in [1.807, 2.05) is 11.6 Å². The predicted octanol–water partition coefficient (Wildman–Crippen LogP) is 1.82. The minimum absolute atomic E-state index is 0.0144. The first kappa shape index (κ1) is 17.8. The summed E-state index contributed by atoms with van der Waals surface area (Å²) in [6, 6.07) is 0. The van der Waals surface area contributed by atoms with E-state index in [1.54, 1.807) is 0 Å². The van der Waals surface area contributed by atoms with Crippen LogP contribution in [0.5, 0.6) is 0 Å². The zero-order valence-electron chi connectivity index (χ0n) is 14.3. The number of amides is 1. The van der Waals surface area contributed by atoms with E-state index in [1.165, 1.54) is 0 Å². The Hall–Kier alpha value is -1.05. The van der Waals surface area contributed by atoms with Gasteiger partial charge in [0.05, 0.1) is 11.6 Å². The van der Waals surface area contributed by atoms with Crippen molar-refractivity contribution < 1.29 is 14.3 Å². The van der Waals surface area contributed by atoms with Gasteiger partial charge in [-0.05, 0) is 44.4 Å². The molecule has 2 aliphatic heterocycles. The maximum absolute atomic E-state index is 12.7. The Kier molecular flexibility index (Phi) is 5.84. The number of carbonyl (C=O) groups is 1. The number of rotatable bonds is 6. The summed E-state index contributed by atoms with van der Waals surface area (Å²) in [6.45, 7) is 5.69. The fourth-order valence-electron chi connectivity index (χ4n) is 3.77. The van der Waals surface area contributed by atoms with Gasteiger partial charge >= 0.3 is 0 Å². The quantitative estimate of drug-likeness (QED) is 0.465. The standard InChI is InChI=1S/C17H27N3O3S/c1-2-20-15-13(14(19-20)4-3-7-23-12-24)10-17(11-18-16(15)21)5-8-22-9-6-17/h24H,2-12H2,1H3,(H,18,21). The van der Waals surface area contributed by atoms with Crippen LogP contribution in [0.3, 0.4) is 0 Å². The first-order valence-electron chi connectivity index (χ1n) is 8.82. The highest BCUT2D eigenvalue weighted by molar-refractivity contribution is 7.80. The normalized spacial score (nSPS) is 19.8. The van der Waals surface area contributed by atoms with Crippen LogP contribution in [0.15, 0.2) is 0 Å². The molecule has 1 amide bonds. The third-order valence-electron chi connectivity index (χ3n) is 5.17. The van der Waals surface area contributed by atoms with E-state index >= 15 is 0 Å². The molecule has 24 heavy (non-hydrogen) atoms. The summed E-state index contributed by atoms with van der Waals surface area (Å²) in [7, 11) is 0. The van der Waals surface area contributed by atoms with E-state index in [2.05, 4.69) is 17.9 Å². The molecule has 0 aromatic carbocycles. The monoisotopic (exact) mass is 353 g/mol. The number of thiol groups is 1. The van der Waals surface area contributed by atoms with Gasteiger partial charge in [0, 0.05) is 38.5 Å². The lowest BCUT2D eigenvalue weighted by Gasteiger charge is -2.36. The molecule has 0 bridgehead atoms. The van der Waals surface area contributed by atoms with Crippen molar-refractivity contribution in [1.29, 1.82) is 0 Å². The molecule has 0 atom stereocenters. The second-order valence-corrected chi connectivity index (χ2v) is 6.96. The van der Waals surface area contributed by atoms with E-state index < -0.39 is 0 Å². The Morgan fingerprint density at radius 1 is 1.42 bits per heavy atom. The van der Waals surface area contributed by atoms with Gasteiger partial charge in [0.2, 0.25) is 0 Å².